The highest BCUT2D eigenvalue weighted by molar-refractivity contribution is 9.09. The molecule has 0 saturated heterocycles. The fourth-order valence-corrected chi connectivity index (χ4v) is 3.25. The highest BCUT2D eigenvalue weighted by atomic mass is 79.9. The van der Waals surface area contributed by atoms with Gasteiger partial charge < -0.3 is 14.8 Å². The zero-order valence-electron chi connectivity index (χ0n) is 16.2. The van der Waals surface area contributed by atoms with Crippen molar-refractivity contribution in [1.82, 2.24) is 5.32 Å². The van der Waals surface area contributed by atoms with Crippen LogP contribution in [0, 0.1) is 0 Å². The first-order valence-electron chi connectivity index (χ1n) is 9.17. The fourth-order valence-electron chi connectivity index (χ4n) is 2.85. The van der Waals surface area contributed by atoms with Crippen molar-refractivity contribution in [2.24, 2.45) is 0 Å². The average Bonchev–Trinajstić information content (AvgIpc) is 2.62. The molecule has 0 aromatic heterocycles. The van der Waals surface area contributed by atoms with Gasteiger partial charge in [0.05, 0.1) is 13.2 Å². The van der Waals surface area contributed by atoms with E-state index in [0.29, 0.717) is 0 Å². The number of nitrogens with one attached hydrogen (secondary N) is 1. The van der Waals surface area contributed by atoms with Gasteiger partial charge in [0.2, 0.25) is 11.4 Å². The quantitative estimate of drug-likeness (QED) is 0.247. The zero-order chi connectivity index (χ0) is 20.3. The van der Waals surface area contributed by atoms with Crippen molar-refractivity contribution in [3.05, 3.63) is 35.4 Å². The molecular formula is C20H28BrNO5. The number of halogens is 1. The molecule has 0 atom stereocenters. The van der Waals surface area contributed by atoms with Gasteiger partial charge in [0.15, 0.2) is 0 Å². The van der Waals surface area contributed by atoms with Crippen molar-refractivity contribution in [2.45, 2.75) is 52.0 Å². The molecule has 7 heteroatoms. The number of benzene rings is 1. The minimum Gasteiger partial charge on any atom is -0.464 e. The van der Waals surface area contributed by atoms with Crippen LogP contribution in [0.1, 0.15) is 44.7 Å². The average molecular weight is 442 g/mol. The van der Waals surface area contributed by atoms with Crippen LogP contribution >= 0.6 is 15.9 Å². The Morgan fingerprint density at radius 3 is 2.04 bits per heavy atom. The molecule has 0 radical (unpaired) electrons. The van der Waals surface area contributed by atoms with Gasteiger partial charge >= 0.3 is 11.9 Å². The van der Waals surface area contributed by atoms with E-state index in [-0.39, 0.29) is 19.6 Å². The van der Waals surface area contributed by atoms with Gasteiger partial charge in [0.25, 0.3) is 0 Å². The maximum absolute atomic E-state index is 12.7. The van der Waals surface area contributed by atoms with Gasteiger partial charge in [0.1, 0.15) is 0 Å². The third-order valence-corrected chi connectivity index (χ3v) is 4.60. The van der Waals surface area contributed by atoms with Crippen LogP contribution in [0.5, 0.6) is 0 Å². The Balaban J connectivity index is 3.32. The van der Waals surface area contributed by atoms with Crippen molar-refractivity contribution in [3.8, 4) is 0 Å². The number of carbonyl (C=O) groups is 3. The zero-order valence-corrected chi connectivity index (χ0v) is 17.8. The number of esters is 2. The molecule has 1 aromatic carbocycles. The molecule has 0 bridgehead atoms. The second-order valence-electron chi connectivity index (χ2n) is 6.12. The highest BCUT2D eigenvalue weighted by Gasteiger charge is 2.50. The second kappa shape index (κ2) is 11.7. The van der Waals surface area contributed by atoms with Crippen molar-refractivity contribution in [1.29, 1.82) is 0 Å². The van der Waals surface area contributed by atoms with Crippen molar-refractivity contribution in [2.75, 3.05) is 18.5 Å². The lowest BCUT2D eigenvalue weighted by molar-refractivity contribution is -0.168. The van der Waals surface area contributed by atoms with Crippen LogP contribution in [0.3, 0.4) is 0 Å². The molecular weight excluding hydrogens is 414 g/mol. The van der Waals surface area contributed by atoms with Crippen molar-refractivity contribution >= 4 is 33.8 Å². The maximum Gasteiger partial charge on any atom is 0.344 e. The maximum atomic E-state index is 12.7. The summed E-state index contributed by atoms with van der Waals surface area (Å²) in [6.07, 6.45) is 2.77. The number of alkyl halides is 1. The third-order valence-electron chi connectivity index (χ3n) is 4.04. The van der Waals surface area contributed by atoms with E-state index in [0.717, 1.165) is 35.7 Å². The lowest BCUT2D eigenvalue weighted by Gasteiger charge is -2.30. The normalized spacial score (nSPS) is 11.0. The third kappa shape index (κ3) is 6.65. The Kier molecular flexibility index (Phi) is 10.1. The molecule has 1 rings (SSSR count). The van der Waals surface area contributed by atoms with Crippen molar-refractivity contribution < 1.29 is 23.9 Å². The summed E-state index contributed by atoms with van der Waals surface area (Å²) in [5.41, 5.74) is -0.0627. The van der Waals surface area contributed by atoms with Crippen LogP contribution in [0.2, 0.25) is 0 Å². The van der Waals surface area contributed by atoms with E-state index in [2.05, 4.69) is 21.2 Å². The predicted molar refractivity (Wildman–Crippen MR) is 107 cm³/mol. The number of carbonyl (C=O) groups excluding carboxylic acids is 3. The van der Waals surface area contributed by atoms with Gasteiger partial charge in [0, 0.05) is 18.7 Å². The van der Waals surface area contributed by atoms with E-state index in [1.165, 1.54) is 6.92 Å². The number of hydrogen-bond donors (Lipinski definition) is 1. The number of unbranched alkanes of at least 4 members (excludes halogenated alkanes) is 1. The van der Waals surface area contributed by atoms with E-state index < -0.39 is 23.4 Å². The summed E-state index contributed by atoms with van der Waals surface area (Å²) < 4.78 is 10.3. The number of aryl methyl sites for hydroxylation is 1. The minimum absolute atomic E-state index is 0.0191. The lowest BCUT2D eigenvalue weighted by atomic mass is 9.87. The minimum atomic E-state index is -1.90. The lowest BCUT2D eigenvalue weighted by Crippen LogP contribution is -2.62. The topological polar surface area (TPSA) is 81.7 Å². The van der Waals surface area contributed by atoms with Gasteiger partial charge in [-0.3, -0.25) is 4.79 Å². The molecule has 0 aliphatic carbocycles. The molecule has 0 aliphatic heterocycles. The van der Waals surface area contributed by atoms with Crippen LogP contribution in [-0.4, -0.2) is 41.9 Å². The van der Waals surface area contributed by atoms with Gasteiger partial charge in [-0.2, -0.15) is 0 Å². The van der Waals surface area contributed by atoms with Crippen LogP contribution in [-0.2, 0) is 36.7 Å². The Bertz CT molecular complexity index is 629. The van der Waals surface area contributed by atoms with Gasteiger partial charge in [-0.1, -0.05) is 40.2 Å². The van der Waals surface area contributed by atoms with Gasteiger partial charge in [-0.05, 0) is 44.2 Å². The van der Waals surface area contributed by atoms with Gasteiger partial charge in [-0.25, -0.2) is 9.59 Å². The van der Waals surface area contributed by atoms with Crippen molar-refractivity contribution in [3.63, 3.8) is 0 Å². The van der Waals surface area contributed by atoms with Crippen LogP contribution in [0.15, 0.2) is 24.3 Å². The number of rotatable bonds is 11. The summed E-state index contributed by atoms with van der Waals surface area (Å²) in [6.45, 7) is 4.74. The van der Waals surface area contributed by atoms with Crippen LogP contribution in [0.4, 0.5) is 0 Å². The van der Waals surface area contributed by atoms with E-state index in [1.54, 1.807) is 13.8 Å². The molecule has 1 amide bonds. The predicted octanol–water partition coefficient (Wildman–Crippen LogP) is 2.95. The SMILES string of the molecule is CCOC(=O)C(Cc1ccccc1CCCCBr)(NC(C)=O)C(=O)OCC. The van der Waals surface area contributed by atoms with Crippen LogP contribution < -0.4 is 5.32 Å². The molecule has 1 aromatic rings. The molecule has 0 aliphatic rings. The monoisotopic (exact) mass is 441 g/mol. The standard InChI is InChI=1S/C20H28BrNO5/c1-4-26-18(24)20(22-15(3)23,19(25)27-5-2)14-17-12-7-6-10-16(17)11-8-9-13-21/h6-7,10,12H,4-5,8-9,11,13-14H2,1-3H3,(H,22,23). The van der Waals surface area contributed by atoms with Crippen LogP contribution in [0.25, 0.3) is 0 Å². The molecule has 0 heterocycles. The first-order valence-corrected chi connectivity index (χ1v) is 10.3. The largest absolute Gasteiger partial charge is 0.464 e. The summed E-state index contributed by atoms with van der Waals surface area (Å²) in [4.78, 5) is 37.3. The Morgan fingerprint density at radius 1 is 1.00 bits per heavy atom. The molecule has 6 nitrogen and oxygen atoms in total. The van der Waals surface area contributed by atoms with E-state index in [9.17, 15) is 14.4 Å². The summed E-state index contributed by atoms with van der Waals surface area (Å²) >= 11 is 3.42. The van der Waals surface area contributed by atoms with E-state index >= 15 is 0 Å². The Labute approximate surface area is 169 Å². The fraction of sp³-hybridized carbons (Fsp3) is 0.550. The van der Waals surface area contributed by atoms with Gasteiger partial charge in [-0.15, -0.1) is 0 Å². The first-order chi connectivity index (χ1) is 12.9. The molecule has 0 unspecified atom stereocenters. The summed E-state index contributed by atoms with van der Waals surface area (Å²) in [6, 6.07) is 7.59. The molecule has 27 heavy (non-hydrogen) atoms. The molecule has 0 spiro atoms. The Hall–Kier alpha value is -1.89. The number of ether oxygens (including phenoxy) is 2. The highest BCUT2D eigenvalue weighted by Crippen LogP contribution is 2.22. The van der Waals surface area contributed by atoms with E-state index in [4.69, 9.17) is 9.47 Å². The molecule has 1 N–H and O–H groups in total. The second-order valence-corrected chi connectivity index (χ2v) is 6.91. The number of hydrogen-bond acceptors (Lipinski definition) is 5. The first kappa shape index (κ1) is 23.1. The smallest absolute Gasteiger partial charge is 0.344 e. The Morgan fingerprint density at radius 2 is 1.56 bits per heavy atom. The molecule has 0 saturated carbocycles. The van der Waals surface area contributed by atoms with E-state index in [1.807, 2.05) is 24.3 Å². The summed E-state index contributed by atoms with van der Waals surface area (Å²) in [5, 5.41) is 3.42. The molecule has 0 fully saturated rings. The summed E-state index contributed by atoms with van der Waals surface area (Å²) in [5.74, 6) is -2.13. The summed E-state index contributed by atoms with van der Waals surface area (Å²) in [7, 11) is 0. The molecule has 150 valence electrons. The number of amides is 1.